The Labute approximate surface area is 214 Å². The zero-order valence-corrected chi connectivity index (χ0v) is 23.7. The van der Waals surface area contributed by atoms with Crippen LogP contribution >= 0.6 is 0 Å². The quantitative estimate of drug-likeness (QED) is 0.332. The van der Waals surface area contributed by atoms with Crippen LogP contribution in [0.2, 0.25) is 0 Å². The topological polar surface area (TPSA) is 46.5 Å². The predicted octanol–water partition coefficient (Wildman–Crippen LogP) is 7.57. The van der Waals surface area contributed by atoms with E-state index in [-0.39, 0.29) is 22.9 Å². The summed E-state index contributed by atoms with van der Waals surface area (Å²) in [5.74, 6) is 3.07. The Morgan fingerprint density at radius 3 is 2.20 bits per heavy atom. The van der Waals surface area contributed by atoms with E-state index in [9.17, 15) is 9.90 Å². The monoisotopic (exact) mass is 484 g/mol. The summed E-state index contributed by atoms with van der Waals surface area (Å²) >= 11 is 0. The van der Waals surface area contributed by atoms with E-state index in [0.717, 1.165) is 12.3 Å². The number of rotatable bonds is 3. The molecule has 5 rings (SSSR count). The van der Waals surface area contributed by atoms with Crippen LogP contribution in [0.1, 0.15) is 113 Å². The van der Waals surface area contributed by atoms with Crippen molar-refractivity contribution >= 4 is 5.97 Å². The molecule has 3 heteroatoms. The minimum absolute atomic E-state index is 0.0207. The van der Waals surface area contributed by atoms with Gasteiger partial charge in [-0.15, -0.1) is 0 Å². The van der Waals surface area contributed by atoms with Gasteiger partial charge in [0.1, 0.15) is 6.10 Å². The van der Waals surface area contributed by atoms with E-state index in [1.54, 1.807) is 6.92 Å². The number of fused-ring (bicyclic) bond motifs is 7. The summed E-state index contributed by atoms with van der Waals surface area (Å²) in [7, 11) is 0. The van der Waals surface area contributed by atoms with Crippen LogP contribution in [0.3, 0.4) is 0 Å². The van der Waals surface area contributed by atoms with E-state index in [0.29, 0.717) is 46.5 Å². The molecule has 5 fully saturated rings. The van der Waals surface area contributed by atoms with Gasteiger partial charge in [-0.2, -0.15) is 0 Å². The zero-order chi connectivity index (χ0) is 25.6. The molecule has 0 amide bonds. The average molecular weight is 485 g/mol. The number of aliphatic hydroxyl groups is 1. The number of esters is 1. The highest BCUT2D eigenvalue weighted by Crippen LogP contribution is 2.77. The summed E-state index contributed by atoms with van der Waals surface area (Å²) in [5, 5.41) is 10.7. The Bertz CT molecular complexity index is 891. The van der Waals surface area contributed by atoms with Gasteiger partial charge in [0.15, 0.2) is 0 Å². The number of allylic oxidation sites excluding steroid dienone is 1. The minimum atomic E-state index is -0.126. The number of hydrogen-bond donors (Lipinski definition) is 1. The summed E-state index contributed by atoms with van der Waals surface area (Å²) in [6.07, 6.45) is 12.2. The first-order valence-corrected chi connectivity index (χ1v) is 14.7. The lowest BCUT2D eigenvalue weighted by Gasteiger charge is -2.73. The smallest absolute Gasteiger partial charge is 0.302 e. The van der Waals surface area contributed by atoms with Crippen molar-refractivity contribution in [2.75, 3.05) is 6.61 Å². The number of ether oxygens (including phenoxy) is 1. The maximum absolute atomic E-state index is 11.9. The van der Waals surface area contributed by atoms with E-state index >= 15 is 0 Å². The Hall–Kier alpha value is -0.830. The van der Waals surface area contributed by atoms with Gasteiger partial charge < -0.3 is 9.84 Å². The van der Waals surface area contributed by atoms with Crippen molar-refractivity contribution < 1.29 is 14.6 Å². The van der Waals surface area contributed by atoms with Crippen molar-refractivity contribution in [3.05, 3.63) is 12.2 Å². The average Bonchev–Trinajstić information content (AvgIpc) is 3.16. The number of carbonyl (C=O) groups excluding carboxylic acids is 1. The van der Waals surface area contributed by atoms with Crippen LogP contribution < -0.4 is 0 Å². The highest BCUT2D eigenvalue weighted by Gasteiger charge is 2.71. The molecule has 10 atom stereocenters. The molecule has 0 heterocycles. The Kier molecular flexibility index (Phi) is 5.96. The number of carbonyl (C=O) groups is 1. The highest BCUT2D eigenvalue weighted by molar-refractivity contribution is 5.66. The molecule has 35 heavy (non-hydrogen) atoms. The number of hydrogen-bond acceptors (Lipinski definition) is 3. The van der Waals surface area contributed by atoms with Gasteiger partial charge in [0.2, 0.25) is 0 Å². The van der Waals surface area contributed by atoms with Crippen LogP contribution in [0.4, 0.5) is 0 Å². The van der Waals surface area contributed by atoms with Crippen molar-refractivity contribution in [3.63, 3.8) is 0 Å². The summed E-state index contributed by atoms with van der Waals surface area (Å²) in [6.45, 7) is 21.3. The van der Waals surface area contributed by atoms with Crippen LogP contribution in [0, 0.1) is 56.7 Å². The third kappa shape index (κ3) is 3.28. The van der Waals surface area contributed by atoms with Gasteiger partial charge in [0, 0.05) is 18.9 Å². The fraction of sp³-hybridized carbons (Fsp3) is 0.906. The third-order valence-corrected chi connectivity index (χ3v) is 13.8. The molecule has 0 aromatic carbocycles. The second-order valence-corrected chi connectivity index (χ2v) is 15.2. The van der Waals surface area contributed by atoms with Crippen molar-refractivity contribution in [2.24, 2.45) is 56.7 Å². The zero-order valence-electron chi connectivity index (χ0n) is 23.7. The lowest BCUT2D eigenvalue weighted by atomic mass is 9.32. The van der Waals surface area contributed by atoms with E-state index in [1.165, 1.54) is 63.4 Å². The van der Waals surface area contributed by atoms with Gasteiger partial charge in [0.05, 0.1) is 0 Å². The maximum Gasteiger partial charge on any atom is 0.302 e. The molecular weight excluding hydrogens is 432 g/mol. The summed E-state index contributed by atoms with van der Waals surface area (Å²) in [5.41, 5.74) is 2.45. The van der Waals surface area contributed by atoms with E-state index < -0.39 is 0 Å². The molecular formula is C32H52O3. The van der Waals surface area contributed by atoms with Gasteiger partial charge in [0.25, 0.3) is 0 Å². The van der Waals surface area contributed by atoms with Crippen LogP contribution in [0.25, 0.3) is 0 Å². The maximum atomic E-state index is 11.9. The van der Waals surface area contributed by atoms with Crippen molar-refractivity contribution in [3.8, 4) is 0 Å². The normalized spacial score (nSPS) is 52.5. The van der Waals surface area contributed by atoms with E-state index in [1.807, 2.05) is 0 Å². The highest BCUT2D eigenvalue weighted by atomic mass is 16.5. The molecule has 0 aromatic heterocycles. The molecule has 198 valence electrons. The van der Waals surface area contributed by atoms with Crippen LogP contribution in [0.5, 0.6) is 0 Å². The third-order valence-electron chi connectivity index (χ3n) is 13.8. The summed E-state index contributed by atoms with van der Waals surface area (Å²) in [6, 6.07) is 0. The van der Waals surface area contributed by atoms with E-state index in [2.05, 4.69) is 48.1 Å². The summed E-state index contributed by atoms with van der Waals surface area (Å²) < 4.78 is 5.90. The second kappa shape index (κ2) is 8.08. The molecule has 0 radical (unpaired) electrons. The standard InChI is InChI=1S/C32H52O3/c1-20(2)22-11-16-32(19-33)18-17-30(7)23(27(22)32)9-10-25-29(6)14-13-26(35-21(3)34)28(4,5)24(29)12-15-31(25,30)8/h22-27,33H,1,9-19H2,2-8H3/t22-,23+,24+,25+,26-,27-,29-,30+,31+,32+/m0/s1. The molecule has 3 nitrogen and oxygen atoms in total. The van der Waals surface area contributed by atoms with Gasteiger partial charge in [-0.05, 0) is 122 Å². The van der Waals surface area contributed by atoms with Crippen molar-refractivity contribution in [2.45, 2.75) is 119 Å². The molecule has 0 saturated heterocycles. The predicted molar refractivity (Wildman–Crippen MR) is 142 cm³/mol. The van der Waals surface area contributed by atoms with Crippen LogP contribution in [-0.4, -0.2) is 23.8 Å². The lowest BCUT2D eigenvalue weighted by Crippen LogP contribution is -2.67. The Balaban J connectivity index is 1.51. The minimum Gasteiger partial charge on any atom is -0.462 e. The molecule has 1 N–H and O–H groups in total. The molecule has 5 saturated carbocycles. The molecule has 0 aliphatic heterocycles. The van der Waals surface area contributed by atoms with Crippen molar-refractivity contribution in [1.82, 2.24) is 0 Å². The second-order valence-electron chi connectivity index (χ2n) is 15.2. The largest absolute Gasteiger partial charge is 0.462 e. The first kappa shape index (κ1) is 25.8. The SMILES string of the molecule is C=C(C)[C@@H]1CC[C@]2(CO)CC[C@]3(C)[C@H](CC[C@@H]4[C@@]5(C)CC[C@H](OC(C)=O)C(C)(C)[C@H]5CC[C@]43C)[C@H]12. The molecule has 0 bridgehead atoms. The molecule has 5 aliphatic rings. The van der Waals surface area contributed by atoms with Gasteiger partial charge >= 0.3 is 5.97 Å². The van der Waals surface area contributed by atoms with Crippen molar-refractivity contribution in [1.29, 1.82) is 0 Å². The molecule has 0 spiro atoms. The molecule has 0 unspecified atom stereocenters. The molecule has 0 aromatic rings. The van der Waals surface area contributed by atoms with Gasteiger partial charge in [-0.3, -0.25) is 4.79 Å². The Morgan fingerprint density at radius 1 is 0.857 bits per heavy atom. The lowest BCUT2D eigenvalue weighted by molar-refractivity contribution is -0.251. The summed E-state index contributed by atoms with van der Waals surface area (Å²) in [4.78, 5) is 11.9. The number of aliphatic hydroxyl groups excluding tert-OH is 1. The fourth-order valence-electron chi connectivity index (χ4n) is 11.9. The Morgan fingerprint density at radius 2 is 1.57 bits per heavy atom. The van der Waals surface area contributed by atoms with Crippen LogP contribution in [-0.2, 0) is 9.53 Å². The first-order chi connectivity index (χ1) is 16.3. The van der Waals surface area contributed by atoms with Gasteiger partial charge in [-0.25, -0.2) is 0 Å². The fourth-order valence-corrected chi connectivity index (χ4v) is 11.9. The van der Waals surface area contributed by atoms with Crippen LogP contribution in [0.15, 0.2) is 12.2 Å². The first-order valence-electron chi connectivity index (χ1n) is 14.7. The van der Waals surface area contributed by atoms with E-state index in [4.69, 9.17) is 4.74 Å². The molecule has 5 aliphatic carbocycles. The van der Waals surface area contributed by atoms with Gasteiger partial charge in [-0.1, -0.05) is 46.8 Å².